The number of benzene rings is 1. The minimum absolute atomic E-state index is 0.229. The van der Waals surface area contributed by atoms with Gasteiger partial charge in [-0.05, 0) is 12.1 Å². The number of rotatable bonds is 3. The predicted molar refractivity (Wildman–Crippen MR) is 61.6 cm³/mol. The van der Waals surface area contributed by atoms with Gasteiger partial charge in [0.15, 0.2) is 0 Å². The van der Waals surface area contributed by atoms with Gasteiger partial charge in [0.2, 0.25) is 5.95 Å². The first kappa shape index (κ1) is 10.1. The number of aromatic nitrogens is 2. The van der Waals surface area contributed by atoms with Crippen LogP contribution < -0.4 is 11.1 Å². The van der Waals surface area contributed by atoms with Crippen molar-refractivity contribution in [3.8, 4) is 0 Å². The summed E-state index contributed by atoms with van der Waals surface area (Å²) in [6, 6.07) is 7.12. The summed E-state index contributed by atoms with van der Waals surface area (Å²) in [6.45, 7) is 0. The van der Waals surface area contributed by atoms with Gasteiger partial charge in [-0.2, -0.15) is 0 Å². The maximum Gasteiger partial charge on any atom is 0.220 e. The quantitative estimate of drug-likeness (QED) is 0.759. The van der Waals surface area contributed by atoms with E-state index in [2.05, 4.69) is 15.3 Å². The fourth-order valence-corrected chi connectivity index (χ4v) is 1.26. The molecule has 0 bridgehead atoms. The van der Waals surface area contributed by atoms with E-state index in [1.807, 2.05) is 6.07 Å². The molecule has 5 nitrogen and oxygen atoms in total. The second-order valence-electron chi connectivity index (χ2n) is 3.20. The lowest BCUT2D eigenvalue weighted by atomic mass is 10.2. The van der Waals surface area contributed by atoms with Crippen molar-refractivity contribution in [3.63, 3.8) is 0 Å². The molecule has 0 saturated heterocycles. The number of aldehydes is 1. The molecule has 2 rings (SSSR count). The molecule has 0 atom stereocenters. The van der Waals surface area contributed by atoms with Crippen LogP contribution in [0.15, 0.2) is 36.7 Å². The summed E-state index contributed by atoms with van der Waals surface area (Å²) in [7, 11) is 0. The first-order valence-corrected chi connectivity index (χ1v) is 4.68. The summed E-state index contributed by atoms with van der Waals surface area (Å²) in [5, 5.41) is 3.07. The number of anilines is 3. The molecule has 1 aromatic carbocycles. The maximum atomic E-state index is 10.6. The van der Waals surface area contributed by atoms with E-state index in [0.29, 0.717) is 5.56 Å². The second-order valence-corrected chi connectivity index (χ2v) is 3.20. The van der Waals surface area contributed by atoms with Gasteiger partial charge in [0, 0.05) is 11.3 Å². The first-order chi connectivity index (χ1) is 7.78. The number of nitrogens with one attached hydrogen (secondary N) is 1. The molecule has 0 spiro atoms. The molecule has 2 aromatic rings. The molecule has 1 heterocycles. The van der Waals surface area contributed by atoms with E-state index in [9.17, 15) is 4.79 Å². The highest BCUT2D eigenvalue weighted by molar-refractivity contribution is 5.77. The van der Waals surface area contributed by atoms with Gasteiger partial charge in [-0.1, -0.05) is 12.1 Å². The SMILES string of the molecule is Nc1ncc(Nc2cccc(C=O)c2)cn1. The Kier molecular flexibility index (Phi) is 2.77. The van der Waals surface area contributed by atoms with Crippen molar-refractivity contribution >= 4 is 23.6 Å². The van der Waals surface area contributed by atoms with Crippen molar-refractivity contribution in [1.82, 2.24) is 9.97 Å². The van der Waals surface area contributed by atoms with Gasteiger partial charge in [0.25, 0.3) is 0 Å². The molecule has 5 heteroatoms. The highest BCUT2D eigenvalue weighted by atomic mass is 16.1. The van der Waals surface area contributed by atoms with Crippen molar-refractivity contribution in [2.75, 3.05) is 11.1 Å². The third kappa shape index (κ3) is 2.33. The van der Waals surface area contributed by atoms with E-state index in [-0.39, 0.29) is 5.95 Å². The fourth-order valence-electron chi connectivity index (χ4n) is 1.26. The van der Waals surface area contributed by atoms with Gasteiger partial charge in [-0.25, -0.2) is 9.97 Å². The highest BCUT2D eigenvalue weighted by Crippen LogP contribution is 2.15. The van der Waals surface area contributed by atoms with Crippen LogP contribution >= 0.6 is 0 Å². The van der Waals surface area contributed by atoms with E-state index in [4.69, 9.17) is 5.73 Å². The monoisotopic (exact) mass is 214 g/mol. The number of carbonyl (C=O) groups excluding carboxylic acids is 1. The maximum absolute atomic E-state index is 10.6. The molecule has 16 heavy (non-hydrogen) atoms. The van der Waals surface area contributed by atoms with Crippen molar-refractivity contribution < 1.29 is 4.79 Å². The van der Waals surface area contributed by atoms with Crippen LogP contribution in [0.3, 0.4) is 0 Å². The molecule has 0 aliphatic carbocycles. The molecule has 0 fully saturated rings. The molecule has 0 amide bonds. The topological polar surface area (TPSA) is 80.9 Å². The first-order valence-electron chi connectivity index (χ1n) is 4.68. The molecular formula is C11H10N4O. The predicted octanol–water partition coefficient (Wildman–Crippen LogP) is 1.61. The minimum atomic E-state index is 0.229. The summed E-state index contributed by atoms with van der Waals surface area (Å²) >= 11 is 0. The summed E-state index contributed by atoms with van der Waals surface area (Å²) in [5.74, 6) is 0.229. The number of nitrogens with zero attached hydrogens (tertiary/aromatic N) is 2. The zero-order valence-electron chi connectivity index (χ0n) is 8.42. The van der Waals surface area contributed by atoms with Crippen molar-refractivity contribution in [2.24, 2.45) is 0 Å². The summed E-state index contributed by atoms with van der Waals surface area (Å²) < 4.78 is 0. The van der Waals surface area contributed by atoms with Crippen LogP contribution in [0, 0.1) is 0 Å². The lowest BCUT2D eigenvalue weighted by Gasteiger charge is -2.05. The van der Waals surface area contributed by atoms with E-state index in [0.717, 1.165) is 17.7 Å². The third-order valence-electron chi connectivity index (χ3n) is 1.98. The number of nitrogens with two attached hydrogens (primary N) is 1. The Morgan fingerprint density at radius 2 is 1.94 bits per heavy atom. The van der Waals surface area contributed by atoms with E-state index in [1.165, 1.54) is 0 Å². The zero-order chi connectivity index (χ0) is 11.4. The average Bonchev–Trinajstić information content (AvgIpc) is 2.32. The number of nitrogen functional groups attached to an aromatic ring is 1. The molecule has 1 aromatic heterocycles. The smallest absolute Gasteiger partial charge is 0.220 e. The molecule has 0 aliphatic rings. The van der Waals surface area contributed by atoms with Gasteiger partial charge in [0.1, 0.15) is 6.29 Å². The molecule has 0 saturated carbocycles. The summed E-state index contributed by atoms with van der Waals surface area (Å²) in [6.07, 6.45) is 3.95. The normalized spacial score (nSPS) is 9.75. The van der Waals surface area contributed by atoms with Crippen LogP contribution in [0.25, 0.3) is 0 Å². The largest absolute Gasteiger partial charge is 0.368 e. The summed E-state index contributed by atoms with van der Waals surface area (Å²) in [4.78, 5) is 18.3. The molecule has 80 valence electrons. The Bertz CT molecular complexity index is 496. The molecule has 0 unspecified atom stereocenters. The molecular weight excluding hydrogens is 204 g/mol. The van der Waals surface area contributed by atoms with Crippen LogP contribution in [-0.2, 0) is 0 Å². The average molecular weight is 214 g/mol. The minimum Gasteiger partial charge on any atom is -0.368 e. The lowest BCUT2D eigenvalue weighted by molar-refractivity contribution is 0.112. The molecule has 3 N–H and O–H groups in total. The Balaban J connectivity index is 2.20. The second kappa shape index (κ2) is 4.39. The fraction of sp³-hybridized carbons (Fsp3) is 0. The van der Waals surface area contributed by atoms with Gasteiger partial charge >= 0.3 is 0 Å². The van der Waals surface area contributed by atoms with E-state index >= 15 is 0 Å². The van der Waals surface area contributed by atoms with Crippen LogP contribution in [0.2, 0.25) is 0 Å². The Morgan fingerprint density at radius 3 is 2.62 bits per heavy atom. The standard InChI is InChI=1S/C11H10N4O/c12-11-13-5-10(6-14-11)15-9-3-1-2-8(4-9)7-16/h1-7,15H,(H2,12,13,14). The highest BCUT2D eigenvalue weighted by Gasteiger charge is 1.97. The third-order valence-corrected chi connectivity index (χ3v) is 1.98. The van der Waals surface area contributed by atoms with E-state index < -0.39 is 0 Å². The zero-order valence-corrected chi connectivity index (χ0v) is 8.42. The van der Waals surface area contributed by atoms with E-state index in [1.54, 1.807) is 30.6 Å². The van der Waals surface area contributed by atoms with Crippen LogP contribution in [0.4, 0.5) is 17.3 Å². The summed E-state index contributed by atoms with van der Waals surface area (Å²) in [5.41, 5.74) is 7.51. The number of hydrogen-bond acceptors (Lipinski definition) is 5. The Hall–Kier alpha value is -2.43. The number of hydrogen-bond donors (Lipinski definition) is 2. The molecule has 0 aliphatic heterocycles. The van der Waals surface area contributed by atoms with Crippen LogP contribution in [0.1, 0.15) is 10.4 Å². The molecule has 0 radical (unpaired) electrons. The van der Waals surface area contributed by atoms with Crippen molar-refractivity contribution in [2.45, 2.75) is 0 Å². The van der Waals surface area contributed by atoms with Crippen molar-refractivity contribution in [1.29, 1.82) is 0 Å². The van der Waals surface area contributed by atoms with Crippen LogP contribution in [-0.4, -0.2) is 16.3 Å². The Morgan fingerprint density at radius 1 is 1.19 bits per heavy atom. The van der Waals surface area contributed by atoms with Gasteiger partial charge in [0.05, 0.1) is 18.1 Å². The lowest BCUT2D eigenvalue weighted by Crippen LogP contribution is -1.97. The van der Waals surface area contributed by atoms with Crippen LogP contribution in [0.5, 0.6) is 0 Å². The Labute approximate surface area is 92.3 Å². The van der Waals surface area contributed by atoms with Gasteiger partial charge in [-0.15, -0.1) is 0 Å². The van der Waals surface area contributed by atoms with Crippen molar-refractivity contribution in [3.05, 3.63) is 42.2 Å². The van der Waals surface area contributed by atoms with Gasteiger partial charge in [-0.3, -0.25) is 4.79 Å². The van der Waals surface area contributed by atoms with Gasteiger partial charge < -0.3 is 11.1 Å². The number of carbonyl (C=O) groups is 1.